The zero-order chi connectivity index (χ0) is 27.8. The van der Waals surface area contributed by atoms with Gasteiger partial charge in [0.1, 0.15) is 29.5 Å². The van der Waals surface area contributed by atoms with Gasteiger partial charge in [-0.1, -0.05) is 6.58 Å². The maximum absolute atomic E-state index is 14.6. The van der Waals surface area contributed by atoms with Gasteiger partial charge in [0.15, 0.2) is 5.82 Å². The molecule has 0 radical (unpaired) electrons. The third kappa shape index (κ3) is 4.91. The molecule has 3 aliphatic heterocycles. The van der Waals surface area contributed by atoms with Gasteiger partial charge in [-0.05, 0) is 36.8 Å². The molecule has 0 aliphatic carbocycles. The number of carbonyl (C=O) groups is 1. The van der Waals surface area contributed by atoms with Crippen LogP contribution in [0.2, 0.25) is 0 Å². The number of ether oxygens (including phenoxy) is 2. The molecule has 2 N–H and O–H groups in total. The van der Waals surface area contributed by atoms with Gasteiger partial charge in [0.05, 0.1) is 55.6 Å². The summed E-state index contributed by atoms with van der Waals surface area (Å²) in [7, 11) is 1.56. The van der Waals surface area contributed by atoms with Crippen LogP contribution in [0, 0.1) is 11.6 Å². The topological polar surface area (TPSA) is 101 Å². The van der Waals surface area contributed by atoms with Crippen molar-refractivity contribution < 1.29 is 27.9 Å². The van der Waals surface area contributed by atoms with E-state index in [1.54, 1.807) is 19.2 Å². The van der Waals surface area contributed by atoms with Crippen LogP contribution in [0.4, 0.5) is 37.5 Å². The second-order valence-electron chi connectivity index (χ2n) is 9.78. The summed E-state index contributed by atoms with van der Waals surface area (Å²) in [6, 6.07) is 8.30. The van der Waals surface area contributed by atoms with Gasteiger partial charge >= 0.3 is 0 Å². The lowest BCUT2D eigenvalue weighted by atomic mass is 10.0. The van der Waals surface area contributed by atoms with Gasteiger partial charge in [-0.25, -0.2) is 23.8 Å². The van der Waals surface area contributed by atoms with Crippen LogP contribution in [0.1, 0.15) is 24.4 Å². The summed E-state index contributed by atoms with van der Waals surface area (Å²) in [5.41, 5.74) is 2.14. The highest BCUT2D eigenvalue weighted by Crippen LogP contribution is 2.43. The third-order valence-electron chi connectivity index (χ3n) is 7.33. The number of rotatable bonds is 8. The van der Waals surface area contributed by atoms with Crippen LogP contribution in [-0.2, 0) is 14.4 Å². The lowest BCUT2D eigenvalue weighted by Gasteiger charge is -2.31. The summed E-state index contributed by atoms with van der Waals surface area (Å²) in [5, 5.41) is 7.60. The van der Waals surface area contributed by atoms with E-state index in [9.17, 15) is 13.6 Å². The van der Waals surface area contributed by atoms with Gasteiger partial charge in [-0.15, -0.1) is 0 Å². The van der Waals surface area contributed by atoms with Crippen molar-refractivity contribution in [3.05, 3.63) is 72.6 Å². The molecule has 1 aromatic heterocycles. The predicted molar refractivity (Wildman–Crippen MR) is 145 cm³/mol. The number of benzene rings is 2. The van der Waals surface area contributed by atoms with Crippen molar-refractivity contribution in [1.82, 2.24) is 9.97 Å². The fourth-order valence-corrected chi connectivity index (χ4v) is 5.47. The molecule has 0 spiro atoms. The standard InChI is InChI=1S/C28H28F2N6O4/c1-3-28(37)34-21-10-22(25(38-2)11-24(21)35-13-18-9-17(35)14-39-18)33-26-12-27(32-15-31-26)36-23(6-7-40-36)19-8-16(29)4-5-20(19)30/h3-5,8,10-12,15,17-18,23H,1,6-7,9,13-14H2,2H3,(H,34,37)(H,31,32,33)/t17-,18-,23+/m0/s1. The van der Waals surface area contributed by atoms with Crippen molar-refractivity contribution in [2.45, 2.75) is 31.0 Å². The van der Waals surface area contributed by atoms with Crippen LogP contribution in [-0.4, -0.2) is 54.9 Å². The lowest BCUT2D eigenvalue weighted by molar-refractivity contribution is -0.111. The third-order valence-corrected chi connectivity index (χ3v) is 7.33. The van der Waals surface area contributed by atoms with E-state index in [1.165, 1.54) is 23.5 Å². The summed E-state index contributed by atoms with van der Waals surface area (Å²) >= 11 is 0. The summed E-state index contributed by atoms with van der Waals surface area (Å²) in [4.78, 5) is 28.9. The number of methoxy groups -OCH3 is 1. The molecule has 2 aromatic carbocycles. The molecule has 3 aromatic rings. The van der Waals surface area contributed by atoms with Crippen LogP contribution in [0.25, 0.3) is 0 Å². The number of amides is 1. The van der Waals surface area contributed by atoms with E-state index in [1.807, 2.05) is 6.07 Å². The number of hydrogen-bond donors (Lipinski definition) is 2. The predicted octanol–water partition coefficient (Wildman–Crippen LogP) is 4.49. The van der Waals surface area contributed by atoms with E-state index < -0.39 is 17.7 Å². The lowest BCUT2D eigenvalue weighted by Crippen LogP contribution is -2.37. The minimum atomic E-state index is -0.562. The van der Waals surface area contributed by atoms with Crippen molar-refractivity contribution in [2.75, 3.05) is 47.5 Å². The molecule has 12 heteroatoms. The van der Waals surface area contributed by atoms with Gasteiger partial charge in [-0.2, -0.15) is 0 Å². The zero-order valence-electron chi connectivity index (χ0n) is 21.8. The maximum Gasteiger partial charge on any atom is 0.247 e. The van der Waals surface area contributed by atoms with Crippen molar-refractivity contribution in [3.63, 3.8) is 0 Å². The van der Waals surface area contributed by atoms with Gasteiger partial charge in [0, 0.05) is 30.7 Å². The average molecular weight is 551 g/mol. The second-order valence-corrected chi connectivity index (χ2v) is 9.78. The Morgan fingerprint density at radius 2 is 2.08 bits per heavy atom. The van der Waals surface area contributed by atoms with Crippen molar-refractivity contribution in [3.8, 4) is 5.75 Å². The summed E-state index contributed by atoms with van der Waals surface area (Å²) in [5.74, 6) is -0.0904. The first-order valence-corrected chi connectivity index (χ1v) is 12.9. The Labute approximate surface area is 229 Å². The maximum atomic E-state index is 14.6. The van der Waals surface area contributed by atoms with Crippen molar-refractivity contribution in [2.24, 2.45) is 0 Å². The summed E-state index contributed by atoms with van der Waals surface area (Å²) in [6.07, 6.45) is 4.11. The monoisotopic (exact) mass is 550 g/mol. The Kier molecular flexibility index (Phi) is 6.95. The first-order chi connectivity index (χ1) is 19.4. The average Bonchev–Trinajstić information content (AvgIpc) is 3.72. The molecular weight excluding hydrogens is 522 g/mol. The molecule has 10 nitrogen and oxygen atoms in total. The highest BCUT2D eigenvalue weighted by molar-refractivity contribution is 6.02. The normalized spacial score (nSPS) is 21.5. The van der Waals surface area contributed by atoms with Crippen LogP contribution in [0.15, 0.2) is 55.4 Å². The fraction of sp³-hybridized carbons (Fsp3) is 0.321. The number of halogens is 2. The van der Waals surface area contributed by atoms with Crippen molar-refractivity contribution >= 4 is 34.6 Å². The van der Waals surface area contributed by atoms with E-state index in [-0.39, 0.29) is 23.6 Å². The molecular formula is C28H28F2N6O4. The minimum Gasteiger partial charge on any atom is -0.494 e. The molecule has 0 unspecified atom stereocenters. The number of hydrogen-bond acceptors (Lipinski definition) is 9. The van der Waals surface area contributed by atoms with Crippen LogP contribution < -0.4 is 25.3 Å². The van der Waals surface area contributed by atoms with Crippen molar-refractivity contribution in [1.29, 1.82) is 0 Å². The molecule has 3 atom stereocenters. The molecule has 40 heavy (non-hydrogen) atoms. The molecule has 0 saturated carbocycles. The first-order valence-electron chi connectivity index (χ1n) is 12.9. The van der Waals surface area contributed by atoms with Gasteiger partial charge in [0.25, 0.3) is 0 Å². The number of nitrogens with zero attached hydrogens (tertiary/aromatic N) is 4. The molecule has 3 aliphatic rings. The quantitative estimate of drug-likeness (QED) is 0.393. The molecule has 2 bridgehead atoms. The number of fused-ring (bicyclic) bond motifs is 2. The largest absolute Gasteiger partial charge is 0.494 e. The number of anilines is 5. The smallest absolute Gasteiger partial charge is 0.247 e. The second kappa shape index (κ2) is 10.7. The van der Waals surface area contributed by atoms with Crippen LogP contribution >= 0.6 is 0 Å². The minimum absolute atomic E-state index is 0.161. The molecule has 208 valence electrons. The van der Waals surface area contributed by atoms with Gasteiger partial charge in [0.2, 0.25) is 5.91 Å². The Hall–Kier alpha value is -4.29. The summed E-state index contributed by atoms with van der Waals surface area (Å²) in [6.45, 7) is 5.23. The highest BCUT2D eigenvalue weighted by atomic mass is 19.1. The molecule has 4 heterocycles. The Balaban J connectivity index is 1.31. The van der Waals surface area contributed by atoms with Crippen LogP contribution in [0.5, 0.6) is 5.75 Å². The van der Waals surface area contributed by atoms with Gasteiger partial charge in [-0.3, -0.25) is 9.63 Å². The Bertz CT molecular complexity index is 1460. The SMILES string of the molecule is C=CC(=O)Nc1cc(Nc2cc(N3OCC[C@@H]3c3cc(F)ccc3F)ncn2)c(OC)cc1N1C[C@@H]2C[C@H]1CO2. The Morgan fingerprint density at radius 3 is 2.83 bits per heavy atom. The molecule has 3 saturated heterocycles. The highest BCUT2D eigenvalue weighted by Gasteiger charge is 2.40. The summed E-state index contributed by atoms with van der Waals surface area (Å²) < 4.78 is 39.9. The molecule has 3 fully saturated rings. The van der Waals surface area contributed by atoms with E-state index >= 15 is 0 Å². The fourth-order valence-electron chi connectivity index (χ4n) is 5.47. The Morgan fingerprint density at radius 1 is 1.20 bits per heavy atom. The number of hydroxylamine groups is 1. The van der Waals surface area contributed by atoms with E-state index in [0.717, 1.165) is 30.8 Å². The first kappa shape index (κ1) is 26.0. The van der Waals surface area contributed by atoms with Crippen LogP contribution in [0.3, 0.4) is 0 Å². The number of nitrogens with one attached hydrogen (secondary N) is 2. The van der Waals surface area contributed by atoms with Gasteiger partial charge < -0.3 is 25.0 Å². The zero-order valence-corrected chi connectivity index (χ0v) is 21.8. The number of aromatic nitrogens is 2. The van der Waals surface area contributed by atoms with E-state index in [4.69, 9.17) is 14.3 Å². The van der Waals surface area contributed by atoms with E-state index in [0.29, 0.717) is 48.4 Å². The molecule has 6 rings (SSSR count). The molecule has 1 amide bonds. The van der Waals surface area contributed by atoms with E-state index in [2.05, 4.69) is 32.1 Å². The number of morpholine rings is 1. The number of carbonyl (C=O) groups excluding carboxylic acids is 1.